The van der Waals surface area contributed by atoms with Crippen LogP contribution in [0.2, 0.25) is 0 Å². The van der Waals surface area contributed by atoms with Gasteiger partial charge in [0.05, 0.1) is 6.04 Å². The smallest absolute Gasteiger partial charge is 0.237 e. The fraction of sp³-hybridized carbons (Fsp3) is 0.929. The van der Waals surface area contributed by atoms with Crippen LogP contribution in [-0.4, -0.2) is 18.0 Å². The van der Waals surface area contributed by atoms with Crippen molar-refractivity contribution >= 4 is 18.3 Å². The summed E-state index contributed by atoms with van der Waals surface area (Å²) in [6, 6.07) is -0.0134. The lowest BCUT2D eigenvalue weighted by molar-refractivity contribution is -0.124. The number of halogens is 1. The Morgan fingerprint density at radius 3 is 2.33 bits per heavy atom. The van der Waals surface area contributed by atoms with Gasteiger partial charge in [-0.15, -0.1) is 12.4 Å². The SMILES string of the molecule is CCC(C)C(N)C(=O)NC1CCC(C)(C)CC1.Cl. The van der Waals surface area contributed by atoms with Gasteiger partial charge >= 0.3 is 0 Å². The molecule has 3 nitrogen and oxygen atoms in total. The third-order valence-electron chi connectivity index (χ3n) is 4.25. The number of carbonyl (C=O) groups is 1. The third kappa shape index (κ3) is 5.15. The first-order chi connectivity index (χ1) is 7.85. The lowest BCUT2D eigenvalue weighted by atomic mass is 9.75. The Morgan fingerprint density at radius 1 is 1.39 bits per heavy atom. The van der Waals surface area contributed by atoms with Gasteiger partial charge in [0.2, 0.25) is 5.91 Å². The number of nitrogens with two attached hydrogens (primary N) is 1. The van der Waals surface area contributed by atoms with Crippen LogP contribution < -0.4 is 11.1 Å². The monoisotopic (exact) mass is 276 g/mol. The highest BCUT2D eigenvalue weighted by Crippen LogP contribution is 2.34. The molecule has 1 aliphatic rings. The van der Waals surface area contributed by atoms with E-state index in [1.807, 2.05) is 6.92 Å². The maximum Gasteiger partial charge on any atom is 0.237 e. The molecule has 0 aromatic carbocycles. The van der Waals surface area contributed by atoms with Crippen molar-refractivity contribution < 1.29 is 4.79 Å². The molecule has 4 heteroatoms. The summed E-state index contributed by atoms with van der Waals surface area (Å²) in [5, 5.41) is 3.11. The lowest BCUT2D eigenvalue weighted by Crippen LogP contribution is -2.49. The highest BCUT2D eigenvalue weighted by molar-refractivity contribution is 5.85. The molecule has 18 heavy (non-hydrogen) atoms. The number of carbonyl (C=O) groups excluding carboxylic acids is 1. The second-order valence-corrected chi connectivity index (χ2v) is 6.36. The minimum absolute atomic E-state index is 0. The first-order valence-electron chi connectivity index (χ1n) is 6.91. The molecule has 0 aromatic rings. The topological polar surface area (TPSA) is 55.1 Å². The van der Waals surface area contributed by atoms with Crippen LogP contribution in [0.4, 0.5) is 0 Å². The maximum absolute atomic E-state index is 11.9. The summed E-state index contributed by atoms with van der Waals surface area (Å²) < 4.78 is 0. The number of amides is 1. The molecule has 0 heterocycles. The lowest BCUT2D eigenvalue weighted by Gasteiger charge is -2.35. The molecule has 0 spiro atoms. The Bertz CT molecular complexity index is 259. The number of hydrogen-bond donors (Lipinski definition) is 2. The van der Waals surface area contributed by atoms with Crippen molar-refractivity contribution in [3.8, 4) is 0 Å². The fourth-order valence-corrected chi connectivity index (χ4v) is 2.35. The molecule has 0 aliphatic heterocycles. The Kier molecular flexibility index (Phi) is 7.23. The molecular formula is C14H29ClN2O. The zero-order chi connectivity index (χ0) is 13.1. The van der Waals surface area contributed by atoms with Crippen molar-refractivity contribution in [2.24, 2.45) is 17.1 Å². The molecule has 1 rings (SSSR count). The van der Waals surface area contributed by atoms with E-state index in [-0.39, 0.29) is 30.3 Å². The van der Waals surface area contributed by atoms with Gasteiger partial charge in [0, 0.05) is 6.04 Å². The molecule has 1 aliphatic carbocycles. The van der Waals surface area contributed by atoms with E-state index in [0.717, 1.165) is 19.3 Å². The van der Waals surface area contributed by atoms with Crippen LogP contribution in [0.25, 0.3) is 0 Å². The van der Waals surface area contributed by atoms with Crippen molar-refractivity contribution in [3.63, 3.8) is 0 Å². The summed E-state index contributed by atoms with van der Waals surface area (Å²) in [5.41, 5.74) is 6.37. The van der Waals surface area contributed by atoms with Gasteiger partial charge in [0.1, 0.15) is 0 Å². The zero-order valence-electron chi connectivity index (χ0n) is 12.2. The van der Waals surface area contributed by atoms with Gasteiger partial charge in [0.15, 0.2) is 0 Å². The summed E-state index contributed by atoms with van der Waals surface area (Å²) in [6.45, 7) is 8.71. The minimum atomic E-state index is -0.352. The highest BCUT2D eigenvalue weighted by Gasteiger charge is 2.29. The van der Waals surface area contributed by atoms with Gasteiger partial charge in [-0.25, -0.2) is 0 Å². The van der Waals surface area contributed by atoms with Gasteiger partial charge in [-0.2, -0.15) is 0 Å². The molecule has 0 radical (unpaired) electrons. The Morgan fingerprint density at radius 2 is 1.89 bits per heavy atom. The first kappa shape index (κ1) is 17.7. The summed E-state index contributed by atoms with van der Waals surface area (Å²) in [5.74, 6) is 0.291. The highest BCUT2D eigenvalue weighted by atomic mass is 35.5. The van der Waals surface area contributed by atoms with Crippen LogP contribution in [-0.2, 0) is 4.79 Å². The van der Waals surface area contributed by atoms with Crippen LogP contribution in [0.5, 0.6) is 0 Å². The van der Waals surface area contributed by atoms with Crippen LogP contribution in [0.15, 0.2) is 0 Å². The second kappa shape index (κ2) is 7.34. The molecular weight excluding hydrogens is 248 g/mol. The van der Waals surface area contributed by atoms with E-state index in [1.165, 1.54) is 12.8 Å². The largest absolute Gasteiger partial charge is 0.352 e. The van der Waals surface area contributed by atoms with Crippen molar-refractivity contribution in [1.82, 2.24) is 5.32 Å². The fourth-order valence-electron chi connectivity index (χ4n) is 2.35. The van der Waals surface area contributed by atoms with E-state index in [4.69, 9.17) is 5.73 Å². The standard InChI is InChI=1S/C14H28N2O.ClH/c1-5-10(2)12(15)13(17)16-11-6-8-14(3,4)9-7-11;/h10-12H,5-9,15H2,1-4H3,(H,16,17);1H. The van der Waals surface area contributed by atoms with Crippen molar-refractivity contribution in [2.45, 2.75) is 71.9 Å². The summed E-state index contributed by atoms with van der Waals surface area (Å²) in [6.07, 6.45) is 5.51. The van der Waals surface area contributed by atoms with Crippen LogP contribution in [0.1, 0.15) is 59.8 Å². The van der Waals surface area contributed by atoms with Crippen LogP contribution >= 0.6 is 12.4 Å². The van der Waals surface area contributed by atoms with E-state index in [9.17, 15) is 4.79 Å². The van der Waals surface area contributed by atoms with Crippen LogP contribution in [0, 0.1) is 11.3 Å². The minimum Gasteiger partial charge on any atom is -0.352 e. The number of rotatable bonds is 4. The Labute approximate surface area is 118 Å². The van der Waals surface area contributed by atoms with Crippen LogP contribution in [0.3, 0.4) is 0 Å². The Hall–Kier alpha value is -0.280. The molecule has 108 valence electrons. The normalized spacial score (nSPS) is 22.7. The molecule has 1 fully saturated rings. The molecule has 3 N–H and O–H groups in total. The summed E-state index contributed by atoms with van der Waals surface area (Å²) in [4.78, 5) is 11.9. The average molecular weight is 277 g/mol. The van der Waals surface area contributed by atoms with E-state index >= 15 is 0 Å². The van der Waals surface area contributed by atoms with Crippen molar-refractivity contribution in [2.75, 3.05) is 0 Å². The second-order valence-electron chi connectivity index (χ2n) is 6.36. The van der Waals surface area contributed by atoms with Gasteiger partial charge in [-0.05, 0) is 37.0 Å². The van der Waals surface area contributed by atoms with Gasteiger partial charge in [0.25, 0.3) is 0 Å². The van der Waals surface area contributed by atoms with E-state index in [2.05, 4.69) is 26.1 Å². The Balaban J connectivity index is 0.00000289. The summed E-state index contributed by atoms with van der Waals surface area (Å²) >= 11 is 0. The molecule has 1 amide bonds. The maximum atomic E-state index is 11.9. The molecule has 0 saturated heterocycles. The molecule has 0 aromatic heterocycles. The molecule has 2 atom stereocenters. The predicted octanol–water partition coefficient (Wildman–Crippen LogP) is 2.87. The quantitative estimate of drug-likeness (QED) is 0.830. The predicted molar refractivity (Wildman–Crippen MR) is 78.9 cm³/mol. The van der Waals surface area contributed by atoms with Crippen molar-refractivity contribution in [3.05, 3.63) is 0 Å². The van der Waals surface area contributed by atoms with E-state index in [0.29, 0.717) is 11.5 Å². The van der Waals surface area contributed by atoms with E-state index < -0.39 is 0 Å². The van der Waals surface area contributed by atoms with E-state index in [1.54, 1.807) is 0 Å². The number of nitrogens with one attached hydrogen (secondary N) is 1. The zero-order valence-corrected chi connectivity index (χ0v) is 13.0. The molecule has 0 bridgehead atoms. The molecule has 1 saturated carbocycles. The average Bonchev–Trinajstić information content (AvgIpc) is 2.29. The first-order valence-corrected chi connectivity index (χ1v) is 6.91. The van der Waals surface area contributed by atoms with Gasteiger partial charge < -0.3 is 11.1 Å². The van der Waals surface area contributed by atoms with Gasteiger partial charge in [-0.1, -0.05) is 34.1 Å². The number of hydrogen-bond acceptors (Lipinski definition) is 2. The van der Waals surface area contributed by atoms with Gasteiger partial charge in [-0.3, -0.25) is 4.79 Å². The molecule has 2 unspecified atom stereocenters. The van der Waals surface area contributed by atoms with Crippen molar-refractivity contribution in [1.29, 1.82) is 0 Å². The summed E-state index contributed by atoms with van der Waals surface area (Å²) in [7, 11) is 0. The third-order valence-corrected chi connectivity index (χ3v) is 4.25.